The molecule has 4 aromatic rings. The van der Waals surface area contributed by atoms with Crippen LogP contribution in [0.3, 0.4) is 0 Å². The van der Waals surface area contributed by atoms with E-state index in [1.807, 2.05) is 42.6 Å². The van der Waals surface area contributed by atoms with Crippen LogP contribution in [0.15, 0.2) is 58.5 Å². The fraction of sp³-hybridized carbons (Fsp3) is 0.227. The molecule has 0 aliphatic rings. The summed E-state index contributed by atoms with van der Waals surface area (Å²) in [5.74, 6) is 1.78. The van der Waals surface area contributed by atoms with Crippen molar-refractivity contribution in [1.29, 1.82) is 0 Å². The maximum absolute atomic E-state index is 12.7. The third-order valence-corrected chi connectivity index (χ3v) is 5.22. The van der Waals surface area contributed by atoms with Crippen molar-refractivity contribution in [3.8, 4) is 22.3 Å². The first-order valence-corrected chi connectivity index (χ1v) is 10.6. The summed E-state index contributed by atoms with van der Waals surface area (Å²) >= 11 is 1.42. The average molecular weight is 423 g/mol. The van der Waals surface area contributed by atoms with Crippen molar-refractivity contribution in [2.75, 3.05) is 11.9 Å². The Morgan fingerprint density at radius 3 is 2.83 bits per heavy atom. The maximum Gasteiger partial charge on any atom is 0.256 e. The molecule has 1 amide bonds. The lowest BCUT2D eigenvalue weighted by Gasteiger charge is -2.08. The molecule has 0 atom stereocenters. The van der Waals surface area contributed by atoms with Crippen molar-refractivity contribution in [2.45, 2.75) is 26.7 Å². The highest BCUT2D eigenvalue weighted by molar-refractivity contribution is 7.12. The molecule has 3 heterocycles. The number of aromatic nitrogens is 3. The number of carbonyl (C=O) groups is 1. The van der Waals surface area contributed by atoms with Crippen molar-refractivity contribution >= 4 is 23.1 Å². The molecule has 1 aromatic carbocycles. The third-order valence-electron chi connectivity index (χ3n) is 4.40. The summed E-state index contributed by atoms with van der Waals surface area (Å²) in [6, 6.07) is 12.6. The molecule has 154 valence electrons. The number of thiazole rings is 1. The van der Waals surface area contributed by atoms with E-state index in [1.165, 1.54) is 11.3 Å². The summed E-state index contributed by atoms with van der Waals surface area (Å²) in [6.07, 6.45) is 3.69. The van der Waals surface area contributed by atoms with Crippen molar-refractivity contribution in [2.24, 2.45) is 0 Å². The van der Waals surface area contributed by atoms with Crippen LogP contribution in [0.2, 0.25) is 0 Å². The lowest BCUT2D eigenvalue weighted by Crippen LogP contribution is -2.15. The fourth-order valence-electron chi connectivity index (χ4n) is 2.86. The summed E-state index contributed by atoms with van der Waals surface area (Å²) in [4.78, 5) is 17.3. The van der Waals surface area contributed by atoms with E-state index in [-0.39, 0.29) is 5.91 Å². The highest BCUT2D eigenvalue weighted by Gasteiger charge is 2.16. The molecule has 3 aromatic heterocycles. The quantitative estimate of drug-likeness (QED) is 0.388. The number of nitrogens with one attached hydrogen (secondary N) is 1. The van der Waals surface area contributed by atoms with Crippen LogP contribution in [-0.4, -0.2) is 27.3 Å². The van der Waals surface area contributed by atoms with Gasteiger partial charge in [-0.3, -0.25) is 4.79 Å². The number of rotatable bonds is 8. The summed E-state index contributed by atoms with van der Waals surface area (Å²) in [6.45, 7) is 4.66. The minimum Gasteiger partial charge on any atom is -0.494 e. The molecule has 8 heteroatoms. The molecule has 0 fully saturated rings. The normalized spacial score (nSPS) is 10.9. The van der Waals surface area contributed by atoms with E-state index in [0.29, 0.717) is 28.9 Å². The number of anilines is 1. The van der Waals surface area contributed by atoms with Crippen molar-refractivity contribution in [3.05, 3.63) is 65.4 Å². The van der Waals surface area contributed by atoms with Gasteiger partial charge in [0.05, 0.1) is 18.6 Å². The van der Waals surface area contributed by atoms with Gasteiger partial charge in [0.15, 0.2) is 5.76 Å². The van der Waals surface area contributed by atoms with Gasteiger partial charge in [0.1, 0.15) is 17.3 Å². The number of furan rings is 1. The minimum absolute atomic E-state index is 0.223. The van der Waals surface area contributed by atoms with Crippen LogP contribution in [0.25, 0.3) is 16.6 Å². The van der Waals surface area contributed by atoms with Gasteiger partial charge in [-0.1, -0.05) is 13.3 Å². The third kappa shape index (κ3) is 4.44. The van der Waals surface area contributed by atoms with E-state index in [4.69, 9.17) is 9.15 Å². The van der Waals surface area contributed by atoms with Gasteiger partial charge in [-0.15, -0.1) is 11.3 Å². The minimum atomic E-state index is -0.223. The van der Waals surface area contributed by atoms with Gasteiger partial charge in [-0.2, -0.15) is 9.78 Å². The van der Waals surface area contributed by atoms with E-state index in [9.17, 15) is 4.79 Å². The number of unbranched alkanes of at least 4 members (excludes halogenated alkanes) is 1. The van der Waals surface area contributed by atoms with Gasteiger partial charge >= 0.3 is 0 Å². The highest BCUT2D eigenvalue weighted by Crippen LogP contribution is 2.27. The zero-order chi connectivity index (χ0) is 20.9. The maximum atomic E-state index is 12.7. The second kappa shape index (κ2) is 8.96. The monoisotopic (exact) mass is 422 g/mol. The second-order valence-corrected chi connectivity index (χ2v) is 7.59. The van der Waals surface area contributed by atoms with E-state index in [1.54, 1.807) is 23.1 Å². The Balaban J connectivity index is 1.49. The molecule has 30 heavy (non-hydrogen) atoms. The molecular formula is C22H22N4O3S. The van der Waals surface area contributed by atoms with Gasteiger partial charge in [0.2, 0.25) is 5.13 Å². The van der Waals surface area contributed by atoms with Gasteiger partial charge < -0.3 is 14.5 Å². The number of aryl methyl sites for hydroxylation is 1. The van der Waals surface area contributed by atoms with Crippen molar-refractivity contribution < 1.29 is 13.9 Å². The number of carbonyl (C=O) groups excluding carboxylic acids is 1. The molecule has 0 radical (unpaired) electrons. The van der Waals surface area contributed by atoms with Gasteiger partial charge in [-0.25, -0.2) is 4.98 Å². The number of hydrogen-bond acceptors (Lipinski definition) is 6. The Bertz CT molecular complexity index is 1110. The van der Waals surface area contributed by atoms with E-state index >= 15 is 0 Å². The van der Waals surface area contributed by atoms with Crippen LogP contribution in [0.4, 0.5) is 5.82 Å². The number of ether oxygens (including phenoxy) is 1. The molecule has 7 nitrogen and oxygen atoms in total. The SMILES string of the molecule is CCCCOc1ccc(C(=O)Nc2cc(C)nn2-c2nc(-c3ccco3)cs2)cc1. The van der Waals surface area contributed by atoms with Crippen molar-refractivity contribution in [1.82, 2.24) is 14.8 Å². The summed E-state index contributed by atoms with van der Waals surface area (Å²) in [5, 5.41) is 9.94. The molecular weight excluding hydrogens is 400 g/mol. The molecule has 0 spiro atoms. The first kappa shape index (κ1) is 19.9. The lowest BCUT2D eigenvalue weighted by molar-refractivity contribution is 0.102. The first-order chi connectivity index (χ1) is 14.6. The predicted octanol–water partition coefficient (Wildman–Crippen LogP) is 5.33. The van der Waals surface area contributed by atoms with Crippen LogP contribution in [0.1, 0.15) is 35.8 Å². The molecule has 1 N–H and O–H groups in total. The van der Waals surface area contributed by atoms with Gasteiger partial charge in [0, 0.05) is 17.0 Å². The summed E-state index contributed by atoms with van der Waals surface area (Å²) in [7, 11) is 0. The first-order valence-electron chi connectivity index (χ1n) is 9.74. The second-order valence-electron chi connectivity index (χ2n) is 6.76. The van der Waals surface area contributed by atoms with E-state index in [2.05, 4.69) is 22.3 Å². The topological polar surface area (TPSA) is 82.2 Å². The fourth-order valence-corrected chi connectivity index (χ4v) is 3.63. The molecule has 0 aliphatic heterocycles. The molecule has 0 aliphatic carbocycles. The largest absolute Gasteiger partial charge is 0.494 e. The standard InChI is InChI=1S/C22H22N4O3S/c1-3-4-11-28-17-9-7-16(8-10-17)21(27)24-20-13-15(2)25-26(20)22-23-18(14-30-22)19-6-5-12-29-19/h5-10,12-14H,3-4,11H2,1-2H3,(H,24,27). The predicted molar refractivity (Wildman–Crippen MR) is 116 cm³/mol. The Hall–Kier alpha value is -3.39. The Morgan fingerprint density at radius 1 is 1.27 bits per heavy atom. The summed E-state index contributed by atoms with van der Waals surface area (Å²) < 4.78 is 12.7. The van der Waals surface area contributed by atoms with Crippen LogP contribution in [0.5, 0.6) is 5.75 Å². The molecule has 0 saturated heterocycles. The highest BCUT2D eigenvalue weighted by atomic mass is 32.1. The lowest BCUT2D eigenvalue weighted by atomic mass is 10.2. The van der Waals surface area contributed by atoms with Crippen LogP contribution >= 0.6 is 11.3 Å². The number of hydrogen-bond donors (Lipinski definition) is 1. The average Bonchev–Trinajstić information content (AvgIpc) is 3.49. The molecule has 0 bridgehead atoms. The van der Waals surface area contributed by atoms with E-state index < -0.39 is 0 Å². The molecule has 4 rings (SSSR count). The summed E-state index contributed by atoms with van der Waals surface area (Å²) in [5.41, 5.74) is 2.04. The zero-order valence-electron chi connectivity index (χ0n) is 16.8. The number of amides is 1. The smallest absolute Gasteiger partial charge is 0.256 e. The van der Waals surface area contributed by atoms with Gasteiger partial charge in [0.25, 0.3) is 5.91 Å². The van der Waals surface area contributed by atoms with Crippen LogP contribution in [-0.2, 0) is 0 Å². The van der Waals surface area contributed by atoms with Crippen LogP contribution < -0.4 is 10.1 Å². The Labute approximate surface area is 178 Å². The zero-order valence-corrected chi connectivity index (χ0v) is 17.6. The van der Waals surface area contributed by atoms with Crippen LogP contribution in [0, 0.1) is 6.92 Å². The molecule has 0 saturated carbocycles. The molecule has 0 unspecified atom stereocenters. The number of benzene rings is 1. The van der Waals surface area contributed by atoms with E-state index in [0.717, 1.165) is 30.0 Å². The Kier molecular flexibility index (Phi) is 5.94. The number of nitrogens with zero attached hydrogens (tertiary/aromatic N) is 3. The Morgan fingerprint density at radius 2 is 2.10 bits per heavy atom. The van der Waals surface area contributed by atoms with Gasteiger partial charge in [-0.05, 0) is 49.7 Å². The van der Waals surface area contributed by atoms with Crippen molar-refractivity contribution in [3.63, 3.8) is 0 Å².